The summed E-state index contributed by atoms with van der Waals surface area (Å²) < 4.78 is 28.0. The lowest BCUT2D eigenvalue weighted by Crippen LogP contribution is -2.44. The van der Waals surface area contributed by atoms with E-state index in [1.807, 2.05) is 6.92 Å². The fourth-order valence-electron chi connectivity index (χ4n) is 2.30. The molecule has 6 heteroatoms. The minimum atomic E-state index is -3.56. The summed E-state index contributed by atoms with van der Waals surface area (Å²) in [5.74, 6) is 0. The Morgan fingerprint density at radius 1 is 1.32 bits per heavy atom. The van der Waals surface area contributed by atoms with Crippen LogP contribution in [0.5, 0.6) is 0 Å². The maximum Gasteiger partial charge on any atom is 0.240 e. The van der Waals surface area contributed by atoms with Crippen LogP contribution in [0.1, 0.15) is 31.2 Å². The lowest BCUT2D eigenvalue weighted by molar-refractivity contribution is 0.101. The zero-order chi connectivity index (χ0) is 14.0. The Balaban J connectivity index is 2.19. The first-order chi connectivity index (χ1) is 8.90. The van der Waals surface area contributed by atoms with Crippen LogP contribution in [0.2, 0.25) is 0 Å². The van der Waals surface area contributed by atoms with Crippen LogP contribution in [0.3, 0.4) is 0 Å². The minimum absolute atomic E-state index is 0.242. The van der Waals surface area contributed by atoms with Crippen molar-refractivity contribution in [2.45, 2.75) is 49.6 Å². The summed E-state index contributed by atoms with van der Waals surface area (Å²) >= 11 is 3.35. The molecule has 0 spiro atoms. The first kappa shape index (κ1) is 15.0. The molecule has 1 fully saturated rings. The second kappa shape index (κ2) is 5.91. The van der Waals surface area contributed by atoms with E-state index < -0.39 is 16.1 Å². The van der Waals surface area contributed by atoms with Crippen LogP contribution >= 0.6 is 15.9 Å². The Kier molecular flexibility index (Phi) is 4.66. The third-order valence-electron chi connectivity index (χ3n) is 3.48. The molecular formula is C13H18BrNO3S. The van der Waals surface area contributed by atoms with E-state index in [4.69, 9.17) is 0 Å². The molecule has 0 bridgehead atoms. The van der Waals surface area contributed by atoms with Gasteiger partial charge < -0.3 is 5.11 Å². The summed E-state index contributed by atoms with van der Waals surface area (Å²) in [6.07, 6.45) is 2.67. The first-order valence-corrected chi connectivity index (χ1v) is 8.64. The zero-order valence-electron chi connectivity index (χ0n) is 10.8. The molecule has 0 radical (unpaired) electrons. The van der Waals surface area contributed by atoms with Gasteiger partial charge in [-0.25, -0.2) is 13.1 Å². The summed E-state index contributed by atoms with van der Waals surface area (Å²) in [6, 6.07) is 4.54. The number of aliphatic hydroxyl groups is 1. The summed E-state index contributed by atoms with van der Waals surface area (Å²) in [5.41, 5.74) is 0.868. The van der Waals surface area contributed by atoms with Gasteiger partial charge in [-0.3, -0.25) is 0 Å². The number of halogens is 1. The van der Waals surface area contributed by atoms with Gasteiger partial charge in [0.25, 0.3) is 0 Å². The van der Waals surface area contributed by atoms with E-state index in [1.165, 1.54) is 0 Å². The normalized spacial score (nSPS) is 24.4. The molecule has 2 N–H and O–H groups in total. The van der Waals surface area contributed by atoms with Gasteiger partial charge in [0, 0.05) is 10.5 Å². The summed E-state index contributed by atoms with van der Waals surface area (Å²) in [4.78, 5) is 0.242. The highest BCUT2D eigenvalue weighted by atomic mass is 79.9. The Morgan fingerprint density at radius 3 is 2.63 bits per heavy atom. The van der Waals surface area contributed by atoms with Crippen LogP contribution in [-0.4, -0.2) is 25.7 Å². The average Bonchev–Trinajstić information content (AvgIpc) is 2.35. The Hall–Kier alpha value is -0.430. The van der Waals surface area contributed by atoms with Gasteiger partial charge in [0.15, 0.2) is 0 Å². The molecule has 4 nitrogen and oxygen atoms in total. The molecule has 1 aromatic carbocycles. The SMILES string of the molecule is Cc1cc(S(=O)(=O)N[C@H]2CCCC[C@@H]2O)ccc1Br. The number of sulfonamides is 1. The Labute approximate surface area is 122 Å². The predicted molar refractivity (Wildman–Crippen MR) is 77.5 cm³/mol. The molecule has 0 saturated heterocycles. The van der Waals surface area contributed by atoms with Crippen LogP contribution < -0.4 is 4.72 Å². The van der Waals surface area contributed by atoms with Gasteiger partial charge in [0.05, 0.1) is 11.0 Å². The molecule has 0 aliphatic heterocycles. The van der Waals surface area contributed by atoms with E-state index >= 15 is 0 Å². The highest BCUT2D eigenvalue weighted by molar-refractivity contribution is 9.10. The van der Waals surface area contributed by atoms with Crippen LogP contribution in [0.15, 0.2) is 27.6 Å². The van der Waals surface area contributed by atoms with Crippen LogP contribution in [0, 0.1) is 6.92 Å². The molecule has 0 aromatic heterocycles. The fourth-order valence-corrected chi connectivity index (χ4v) is 3.94. The predicted octanol–water partition coefficient (Wildman–Crippen LogP) is 2.34. The van der Waals surface area contributed by atoms with Gasteiger partial charge in [-0.2, -0.15) is 0 Å². The molecule has 0 heterocycles. The highest BCUT2D eigenvalue weighted by Crippen LogP contribution is 2.23. The number of benzene rings is 1. The van der Waals surface area contributed by atoms with Crippen molar-refractivity contribution >= 4 is 26.0 Å². The molecular weight excluding hydrogens is 330 g/mol. The van der Waals surface area contributed by atoms with E-state index in [2.05, 4.69) is 20.7 Å². The van der Waals surface area contributed by atoms with Gasteiger partial charge in [-0.15, -0.1) is 0 Å². The van der Waals surface area contributed by atoms with E-state index in [1.54, 1.807) is 18.2 Å². The second-order valence-corrected chi connectivity index (χ2v) is 7.56. The van der Waals surface area contributed by atoms with Crippen LogP contribution in [-0.2, 0) is 10.0 Å². The smallest absolute Gasteiger partial charge is 0.240 e. The molecule has 0 unspecified atom stereocenters. The van der Waals surface area contributed by atoms with Crippen LogP contribution in [0.25, 0.3) is 0 Å². The fraction of sp³-hybridized carbons (Fsp3) is 0.538. The number of aliphatic hydroxyl groups excluding tert-OH is 1. The van der Waals surface area contributed by atoms with Gasteiger partial charge in [-0.05, 0) is 43.5 Å². The van der Waals surface area contributed by atoms with Crippen molar-refractivity contribution in [2.75, 3.05) is 0 Å². The number of nitrogens with one attached hydrogen (secondary N) is 1. The number of hydrogen-bond acceptors (Lipinski definition) is 3. The van der Waals surface area contributed by atoms with Crippen molar-refractivity contribution in [2.24, 2.45) is 0 Å². The average molecular weight is 348 g/mol. The third-order valence-corrected chi connectivity index (χ3v) is 5.85. The molecule has 19 heavy (non-hydrogen) atoms. The number of hydrogen-bond donors (Lipinski definition) is 2. The van der Waals surface area contributed by atoms with Gasteiger partial charge in [0.2, 0.25) is 10.0 Å². The van der Waals surface area contributed by atoms with Crippen molar-refractivity contribution in [1.29, 1.82) is 0 Å². The molecule has 1 saturated carbocycles. The first-order valence-electron chi connectivity index (χ1n) is 6.37. The van der Waals surface area contributed by atoms with Gasteiger partial charge >= 0.3 is 0 Å². The molecule has 1 aromatic rings. The van der Waals surface area contributed by atoms with Crippen LogP contribution in [0.4, 0.5) is 0 Å². The lowest BCUT2D eigenvalue weighted by Gasteiger charge is -2.28. The molecule has 1 aliphatic carbocycles. The minimum Gasteiger partial charge on any atom is -0.391 e. The maximum absolute atomic E-state index is 12.3. The van der Waals surface area contributed by atoms with Crippen molar-refractivity contribution in [3.05, 3.63) is 28.2 Å². The Morgan fingerprint density at radius 2 is 2.00 bits per heavy atom. The van der Waals surface area contributed by atoms with Crippen molar-refractivity contribution < 1.29 is 13.5 Å². The van der Waals surface area contributed by atoms with E-state index in [-0.39, 0.29) is 10.9 Å². The van der Waals surface area contributed by atoms with E-state index in [0.717, 1.165) is 22.9 Å². The number of rotatable bonds is 3. The summed E-state index contributed by atoms with van der Waals surface area (Å²) in [6.45, 7) is 1.85. The molecule has 106 valence electrons. The van der Waals surface area contributed by atoms with Gasteiger partial charge in [0.1, 0.15) is 0 Å². The maximum atomic E-state index is 12.3. The highest BCUT2D eigenvalue weighted by Gasteiger charge is 2.28. The zero-order valence-corrected chi connectivity index (χ0v) is 13.2. The molecule has 2 atom stereocenters. The van der Waals surface area contributed by atoms with Crippen molar-refractivity contribution in [3.63, 3.8) is 0 Å². The monoisotopic (exact) mass is 347 g/mol. The lowest BCUT2D eigenvalue weighted by atomic mass is 9.93. The third kappa shape index (κ3) is 3.56. The number of aryl methyl sites for hydroxylation is 1. The molecule has 0 amide bonds. The molecule has 1 aliphatic rings. The quantitative estimate of drug-likeness (QED) is 0.881. The summed E-state index contributed by atoms with van der Waals surface area (Å²) in [5, 5.41) is 9.84. The van der Waals surface area contributed by atoms with E-state index in [9.17, 15) is 13.5 Å². The molecule has 2 rings (SSSR count). The van der Waals surface area contributed by atoms with Crippen molar-refractivity contribution in [1.82, 2.24) is 4.72 Å². The van der Waals surface area contributed by atoms with E-state index in [0.29, 0.717) is 12.8 Å². The van der Waals surface area contributed by atoms with Gasteiger partial charge in [-0.1, -0.05) is 28.8 Å². The van der Waals surface area contributed by atoms with Crippen molar-refractivity contribution in [3.8, 4) is 0 Å². The second-order valence-electron chi connectivity index (χ2n) is 4.99. The largest absolute Gasteiger partial charge is 0.391 e. The summed E-state index contributed by atoms with van der Waals surface area (Å²) in [7, 11) is -3.56. The Bertz CT molecular complexity index is 559. The standard InChI is InChI=1S/C13H18BrNO3S/c1-9-8-10(6-7-11(9)14)19(17,18)15-12-4-2-3-5-13(12)16/h6-8,12-13,15-16H,2-5H2,1H3/t12-,13-/m0/s1. The topological polar surface area (TPSA) is 66.4 Å².